The molecule has 0 aromatic carbocycles. The van der Waals surface area contributed by atoms with E-state index in [4.69, 9.17) is 5.73 Å². The number of allylic oxidation sites excluding steroid dienone is 1. The number of nitrogens with one attached hydrogen (secondary N) is 1. The fourth-order valence-electron chi connectivity index (χ4n) is 0.964. The first-order chi connectivity index (χ1) is 6.34. The summed E-state index contributed by atoms with van der Waals surface area (Å²) in [6.07, 6.45) is 0. The summed E-state index contributed by atoms with van der Waals surface area (Å²) < 4.78 is 0. The Morgan fingerprint density at radius 1 is 1.29 bits per heavy atom. The maximum Gasteiger partial charge on any atom is 0.221 e. The van der Waals surface area contributed by atoms with Crippen molar-refractivity contribution in [2.75, 3.05) is 0 Å². The second-order valence-electron chi connectivity index (χ2n) is 3.66. The SMILES string of the molecule is CC(=O)NC(C(N)=NC(C)C)=C(C)C. The van der Waals surface area contributed by atoms with Gasteiger partial charge in [0.2, 0.25) is 5.91 Å². The van der Waals surface area contributed by atoms with Gasteiger partial charge in [0.15, 0.2) is 0 Å². The highest BCUT2D eigenvalue weighted by atomic mass is 16.1. The molecule has 0 radical (unpaired) electrons. The molecule has 14 heavy (non-hydrogen) atoms. The molecule has 0 bridgehead atoms. The molecule has 0 aliphatic rings. The van der Waals surface area contributed by atoms with Crippen LogP contribution in [0, 0.1) is 0 Å². The molecule has 0 aliphatic carbocycles. The first-order valence-electron chi connectivity index (χ1n) is 4.63. The Morgan fingerprint density at radius 3 is 2.07 bits per heavy atom. The van der Waals surface area contributed by atoms with Crippen molar-refractivity contribution < 1.29 is 4.79 Å². The van der Waals surface area contributed by atoms with Crippen molar-refractivity contribution in [1.29, 1.82) is 0 Å². The Kier molecular flexibility index (Phi) is 4.91. The van der Waals surface area contributed by atoms with Crippen LogP contribution in [0.2, 0.25) is 0 Å². The zero-order valence-electron chi connectivity index (χ0n) is 9.51. The van der Waals surface area contributed by atoms with Crippen LogP contribution in [0.25, 0.3) is 0 Å². The van der Waals surface area contributed by atoms with Crippen LogP contribution in [-0.2, 0) is 4.79 Å². The van der Waals surface area contributed by atoms with E-state index in [2.05, 4.69) is 10.3 Å². The molecule has 0 fully saturated rings. The molecular weight excluding hydrogens is 178 g/mol. The fraction of sp³-hybridized carbons (Fsp3) is 0.600. The second kappa shape index (κ2) is 5.42. The van der Waals surface area contributed by atoms with Gasteiger partial charge in [0, 0.05) is 13.0 Å². The van der Waals surface area contributed by atoms with E-state index in [1.165, 1.54) is 6.92 Å². The summed E-state index contributed by atoms with van der Waals surface area (Å²) in [6, 6.07) is 0.123. The van der Waals surface area contributed by atoms with Gasteiger partial charge < -0.3 is 11.1 Å². The summed E-state index contributed by atoms with van der Waals surface area (Å²) >= 11 is 0. The number of hydrogen-bond donors (Lipinski definition) is 2. The Morgan fingerprint density at radius 2 is 1.79 bits per heavy atom. The molecule has 0 unspecified atom stereocenters. The normalized spacial score (nSPS) is 11.4. The van der Waals surface area contributed by atoms with E-state index >= 15 is 0 Å². The van der Waals surface area contributed by atoms with Gasteiger partial charge in [-0.05, 0) is 33.3 Å². The fourth-order valence-corrected chi connectivity index (χ4v) is 0.964. The molecule has 80 valence electrons. The van der Waals surface area contributed by atoms with Gasteiger partial charge in [-0.15, -0.1) is 0 Å². The maximum absolute atomic E-state index is 10.9. The van der Waals surface area contributed by atoms with Gasteiger partial charge in [-0.1, -0.05) is 0 Å². The topological polar surface area (TPSA) is 67.5 Å². The van der Waals surface area contributed by atoms with Crippen LogP contribution in [0.15, 0.2) is 16.3 Å². The van der Waals surface area contributed by atoms with E-state index < -0.39 is 0 Å². The molecule has 0 aromatic heterocycles. The van der Waals surface area contributed by atoms with Crippen molar-refractivity contribution >= 4 is 11.7 Å². The summed E-state index contributed by atoms with van der Waals surface area (Å²) in [5.41, 5.74) is 7.31. The number of rotatable bonds is 3. The average Bonchev–Trinajstić information content (AvgIpc) is 1.97. The van der Waals surface area contributed by atoms with Gasteiger partial charge >= 0.3 is 0 Å². The summed E-state index contributed by atoms with van der Waals surface area (Å²) in [4.78, 5) is 15.1. The Labute approximate surface area is 85.3 Å². The molecule has 4 nitrogen and oxygen atoms in total. The monoisotopic (exact) mass is 197 g/mol. The molecule has 0 saturated carbocycles. The Balaban J connectivity index is 4.87. The van der Waals surface area contributed by atoms with Crippen molar-refractivity contribution in [1.82, 2.24) is 5.32 Å². The van der Waals surface area contributed by atoms with Gasteiger partial charge in [-0.25, -0.2) is 0 Å². The number of amidine groups is 1. The first-order valence-corrected chi connectivity index (χ1v) is 4.63. The van der Waals surface area contributed by atoms with E-state index in [1.54, 1.807) is 0 Å². The van der Waals surface area contributed by atoms with E-state index in [0.29, 0.717) is 11.5 Å². The van der Waals surface area contributed by atoms with Gasteiger partial charge in [0.25, 0.3) is 0 Å². The van der Waals surface area contributed by atoms with Crippen molar-refractivity contribution in [3.05, 3.63) is 11.3 Å². The number of hydrogen-bond acceptors (Lipinski definition) is 2. The van der Waals surface area contributed by atoms with Crippen molar-refractivity contribution in [2.24, 2.45) is 10.7 Å². The summed E-state index contributed by atoms with van der Waals surface area (Å²) in [5, 5.41) is 2.67. The largest absolute Gasteiger partial charge is 0.382 e. The van der Waals surface area contributed by atoms with Crippen molar-refractivity contribution in [3.8, 4) is 0 Å². The Hall–Kier alpha value is -1.32. The van der Waals surface area contributed by atoms with E-state index in [-0.39, 0.29) is 11.9 Å². The van der Waals surface area contributed by atoms with Gasteiger partial charge in [0.05, 0.1) is 5.70 Å². The molecule has 0 rings (SSSR count). The molecule has 0 aliphatic heterocycles. The lowest BCUT2D eigenvalue weighted by molar-refractivity contribution is -0.118. The number of amides is 1. The summed E-state index contributed by atoms with van der Waals surface area (Å²) in [5.74, 6) is 0.248. The van der Waals surface area contributed by atoms with Crippen LogP contribution >= 0.6 is 0 Å². The third-order valence-corrected chi connectivity index (χ3v) is 1.45. The highest BCUT2D eigenvalue weighted by Gasteiger charge is 2.07. The van der Waals surface area contributed by atoms with Gasteiger partial charge in [-0.3, -0.25) is 9.79 Å². The van der Waals surface area contributed by atoms with Crippen LogP contribution in [0.4, 0.5) is 0 Å². The molecule has 1 amide bonds. The smallest absolute Gasteiger partial charge is 0.221 e. The van der Waals surface area contributed by atoms with Gasteiger partial charge in [-0.2, -0.15) is 0 Å². The highest BCUT2D eigenvalue weighted by molar-refractivity contribution is 6.00. The first kappa shape index (κ1) is 12.7. The average molecular weight is 197 g/mol. The quantitative estimate of drug-likeness (QED) is 0.527. The zero-order valence-corrected chi connectivity index (χ0v) is 9.51. The minimum absolute atomic E-state index is 0.123. The van der Waals surface area contributed by atoms with Crippen molar-refractivity contribution in [3.63, 3.8) is 0 Å². The highest BCUT2D eigenvalue weighted by Crippen LogP contribution is 2.01. The maximum atomic E-state index is 10.9. The van der Waals surface area contributed by atoms with E-state index in [1.807, 2.05) is 27.7 Å². The number of carbonyl (C=O) groups is 1. The molecule has 0 spiro atoms. The third-order valence-electron chi connectivity index (χ3n) is 1.45. The minimum atomic E-state index is -0.136. The molecule has 0 heterocycles. The second-order valence-corrected chi connectivity index (χ2v) is 3.66. The van der Waals surface area contributed by atoms with Crippen LogP contribution in [-0.4, -0.2) is 17.8 Å². The molecule has 0 atom stereocenters. The standard InChI is InChI=1S/C10H19N3O/c1-6(2)9(13-8(5)14)10(11)12-7(3)4/h7H,1-5H3,(H2,11,12)(H,13,14). The number of carbonyl (C=O) groups excluding carboxylic acids is 1. The van der Waals surface area contributed by atoms with Crippen molar-refractivity contribution in [2.45, 2.75) is 40.7 Å². The van der Waals surface area contributed by atoms with Crippen LogP contribution in [0.5, 0.6) is 0 Å². The predicted molar refractivity (Wildman–Crippen MR) is 58.9 cm³/mol. The third kappa shape index (κ3) is 4.64. The molecule has 4 heteroatoms. The summed E-state index contributed by atoms with van der Waals surface area (Å²) in [7, 11) is 0. The molecule has 0 saturated heterocycles. The van der Waals surface area contributed by atoms with Crippen LogP contribution in [0.3, 0.4) is 0 Å². The lowest BCUT2D eigenvalue weighted by Gasteiger charge is -2.10. The lowest BCUT2D eigenvalue weighted by Crippen LogP contribution is -2.31. The molecular formula is C10H19N3O. The minimum Gasteiger partial charge on any atom is -0.382 e. The number of nitrogens with two attached hydrogens (primary N) is 1. The van der Waals surface area contributed by atoms with E-state index in [9.17, 15) is 4.79 Å². The lowest BCUT2D eigenvalue weighted by atomic mass is 10.2. The zero-order chi connectivity index (χ0) is 11.3. The van der Waals surface area contributed by atoms with Crippen LogP contribution < -0.4 is 11.1 Å². The molecule has 0 aromatic rings. The van der Waals surface area contributed by atoms with E-state index in [0.717, 1.165) is 5.57 Å². The molecule has 3 N–H and O–H groups in total. The number of aliphatic imine (C=N–C) groups is 1. The Bertz CT molecular complexity index is 273. The van der Waals surface area contributed by atoms with Gasteiger partial charge in [0.1, 0.15) is 5.84 Å². The number of nitrogens with zero attached hydrogens (tertiary/aromatic N) is 1. The summed E-state index contributed by atoms with van der Waals surface area (Å²) in [6.45, 7) is 9.08. The predicted octanol–water partition coefficient (Wildman–Crippen LogP) is 1.18. The van der Waals surface area contributed by atoms with Crippen LogP contribution in [0.1, 0.15) is 34.6 Å².